The molecule has 0 aromatic heterocycles. The van der Waals surface area contributed by atoms with Crippen LogP contribution in [0.2, 0.25) is 5.02 Å². The number of carbonyl (C=O) groups excluding carboxylic acids is 3. The first-order chi connectivity index (χ1) is 16.8. The van der Waals surface area contributed by atoms with Crippen molar-refractivity contribution < 1.29 is 23.9 Å². The second-order valence-corrected chi connectivity index (χ2v) is 8.64. The number of benzene rings is 3. The number of likely N-dealkylation sites (N-methyl/N-ethyl adjacent to an activating group) is 1. The lowest BCUT2D eigenvalue weighted by Gasteiger charge is -2.35. The van der Waals surface area contributed by atoms with E-state index in [9.17, 15) is 14.4 Å². The largest absolute Gasteiger partial charge is 0.484 e. The number of fused-ring (bicyclic) bond motifs is 1. The highest BCUT2D eigenvalue weighted by molar-refractivity contribution is 6.32. The van der Waals surface area contributed by atoms with Crippen LogP contribution in [-0.2, 0) is 16.1 Å². The Morgan fingerprint density at radius 1 is 1.09 bits per heavy atom. The molecule has 1 heterocycles. The van der Waals surface area contributed by atoms with Crippen LogP contribution in [0.1, 0.15) is 22.8 Å². The maximum Gasteiger partial charge on any atom is 0.265 e. The van der Waals surface area contributed by atoms with Crippen molar-refractivity contribution in [1.29, 1.82) is 0 Å². The molecule has 0 fully saturated rings. The molecule has 8 heteroatoms. The number of ketones is 1. The van der Waals surface area contributed by atoms with E-state index in [1.807, 2.05) is 30.3 Å². The number of hydrogen-bond donors (Lipinski definition) is 0. The van der Waals surface area contributed by atoms with Gasteiger partial charge in [0.05, 0.1) is 10.7 Å². The number of carbonyl (C=O) groups is 3. The van der Waals surface area contributed by atoms with Crippen molar-refractivity contribution in [2.24, 2.45) is 0 Å². The van der Waals surface area contributed by atoms with Gasteiger partial charge >= 0.3 is 0 Å². The van der Waals surface area contributed by atoms with E-state index in [2.05, 4.69) is 0 Å². The monoisotopic (exact) mass is 492 g/mol. The van der Waals surface area contributed by atoms with Crippen LogP contribution in [0, 0.1) is 0 Å². The van der Waals surface area contributed by atoms with Crippen molar-refractivity contribution >= 4 is 34.9 Å². The van der Waals surface area contributed by atoms with Crippen molar-refractivity contribution in [3.05, 3.63) is 88.9 Å². The highest BCUT2D eigenvalue weighted by Crippen LogP contribution is 2.35. The Balaban J connectivity index is 1.52. The molecule has 0 bridgehead atoms. The van der Waals surface area contributed by atoms with Gasteiger partial charge in [-0.25, -0.2) is 0 Å². The maximum absolute atomic E-state index is 13.2. The molecule has 3 aromatic carbocycles. The fraction of sp³-hybridized carbons (Fsp3) is 0.222. The van der Waals surface area contributed by atoms with Gasteiger partial charge in [-0.3, -0.25) is 19.3 Å². The summed E-state index contributed by atoms with van der Waals surface area (Å²) in [6.45, 7) is 1.67. The molecule has 0 saturated heterocycles. The lowest BCUT2D eigenvalue weighted by molar-refractivity contribution is -0.134. The van der Waals surface area contributed by atoms with Gasteiger partial charge in [0.25, 0.3) is 5.91 Å². The number of hydrogen-bond acceptors (Lipinski definition) is 5. The van der Waals surface area contributed by atoms with Crippen molar-refractivity contribution in [2.75, 3.05) is 25.2 Å². The molecular weight excluding hydrogens is 468 g/mol. The van der Waals surface area contributed by atoms with Crippen LogP contribution in [0.5, 0.6) is 11.5 Å². The van der Waals surface area contributed by atoms with Crippen LogP contribution in [0.25, 0.3) is 0 Å². The normalized spacial score (nSPS) is 13.5. The van der Waals surface area contributed by atoms with Gasteiger partial charge in [0.2, 0.25) is 5.91 Å². The zero-order chi connectivity index (χ0) is 24.9. The SMILES string of the molecule is CC(C(=O)N(C)Cc1ccccc1)N1C(=O)COc2ccc(C(=O)COc3ccccc3Cl)cc21. The van der Waals surface area contributed by atoms with E-state index in [1.54, 1.807) is 61.3 Å². The molecule has 1 aliphatic heterocycles. The predicted molar refractivity (Wildman–Crippen MR) is 133 cm³/mol. The first-order valence-electron chi connectivity index (χ1n) is 11.1. The summed E-state index contributed by atoms with van der Waals surface area (Å²) in [5.41, 5.74) is 1.69. The first kappa shape index (κ1) is 24.3. The van der Waals surface area contributed by atoms with E-state index in [0.29, 0.717) is 34.3 Å². The Labute approximate surface area is 208 Å². The predicted octanol–water partition coefficient (Wildman–Crippen LogP) is 4.37. The van der Waals surface area contributed by atoms with Gasteiger partial charge < -0.3 is 14.4 Å². The Kier molecular flexibility index (Phi) is 7.36. The quantitative estimate of drug-likeness (QED) is 0.436. The average molecular weight is 493 g/mol. The minimum Gasteiger partial charge on any atom is -0.484 e. The number of Topliss-reactive ketones (excluding diaryl/α,β-unsaturated/α-hetero) is 1. The number of halogens is 1. The number of rotatable bonds is 8. The van der Waals surface area contributed by atoms with Crippen molar-refractivity contribution in [2.45, 2.75) is 19.5 Å². The molecular formula is C27H25ClN2O5. The summed E-state index contributed by atoms with van der Waals surface area (Å²) in [5, 5.41) is 0.405. The van der Waals surface area contributed by atoms with E-state index in [4.69, 9.17) is 21.1 Å². The standard InChI is InChI=1S/C27H25ClN2O5/c1-18(27(33)29(2)15-19-8-4-3-5-9-19)30-22-14-20(12-13-25(22)35-17-26(30)32)23(31)16-34-24-11-7-6-10-21(24)28/h3-14,18H,15-17H2,1-2H3. The van der Waals surface area contributed by atoms with Crippen molar-refractivity contribution in [3.63, 3.8) is 0 Å². The zero-order valence-corrected chi connectivity index (χ0v) is 20.2. The molecule has 0 aliphatic carbocycles. The molecule has 0 radical (unpaired) electrons. The Hall–Kier alpha value is -3.84. The Morgan fingerprint density at radius 2 is 1.80 bits per heavy atom. The van der Waals surface area contributed by atoms with Crippen LogP contribution in [0.15, 0.2) is 72.8 Å². The van der Waals surface area contributed by atoms with Gasteiger partial charge in [-0.1, -0.05) is 54.1 Å². The highest BCUT2D eigenvalue weighted by Gasteiger charge is 2.35. The Bertz CT molecular complexity index is 1250. The van der Waals surface area contributed by atoms with E-state index < -0.39 is 6.04 Å². The molecule has 3 aromatic rings. The molecule has 1 aliphatic rings. The summed E-state index contributed by atoms with van der Waals surface area (Å²) in [7, 11) is 1.70. The second-order valence-electron chi connectivity index (χ2n) is 8.23. The summed E-state index contributed by atoms with van der Waals surface area (Å²) >= 11 is 6.09. The minimum absolute atomic E-state index is 0.185. The van der Waals surface area contributed by atoms with Gasteiger partial charge in [0.1, 0.15) is 17.5 Å². The van der Waals surface area contributed by atoms with E-state index >= 15 is 0 Å². The third kappa shape index (κ3) is 5.46. The molecule has 4 rings (SSSR count). The topological polar surface area (TPSA) is 76.2 Å². The number of ether oxygens (including phenoxy) is 2. The summed E-state index contributed by atoms with van der Waals surface area (Å²) < 4.78 is 11.1. The molecule has 1 unspecified atom stereocenters. The molecule has 35 heavy (non-hydrogen) atoms. The average Bonchev–Trinajstić information content (AvgIpc) is 2.87. The zero-order valence-electron chi connectivity index (χ0n) is 19.4. The van der Waals surface area contributed by atoms with E-state index in [-0.39, 0.29) is 30.8 Å². The minimum atomic E-state index is -0.788. The molecule has 1 atom stereocenters. The van der Waals surface area contributed by atoms with Crippen molar-refractivity contribution in [3.8, 4) is 11.5 Å². The fourth-order valence-corrected chi connectivity index (χ4v) is 4.11. The van der Waals surface area contributed by atoms with Gasteiger partial charge in [0, 0.05) is 19.2 Å². The van der Waals surface area contributed by atoms with Crippen LogP contribution in [0.3, 0.4) is 0 Å². The number of para-hydroxylation sites is 1. The van der Waals surface area contributed by atoms with Gasteiger partial charge in [-0.2, -0.15) is 0 Å². The summed E-state index contributed by atoms with van der Waals surface area (Å²) in [6, 6.07) is 20.5. The highest BCUT2D eigenvalue weighted by atomic mass is 35.5. The van der Waals surface area contributed by atoms with E-state index in [0.717, 1.165) is 5.56 Å². The Morgan fingerprint density at radius 3 is 2.54 bits per heavy atom. The summed E-state index contributed by atoms with van der Waals surface area (Å²) in [4.78, 5) is 41.8. The van der Waals surface area contributed by atoms with E-state index in [1.165, 1.54) is 4.90 Å². The van der Waals surface area contributed by atoms with Crippen LogP contribution in [0.4, 0.5) is 5.69 Å². The van der Waals surface area contributed by atoms with Gasteiger partial charge in [-0.15, -0.1) is 0 Å². The van der Waals surface area contributed by atoms with Crippen LogP contribution >= 0.6 is 11.6 Å². The molecule has 0 saturated carbocycles. The molecule has 7 nitrogen and oxygen atoms in total. The lowest BCUT2D eigenvalue weighted by Crippen LogP contribution is -2.51. The van der Waals surface area contributed by atoms with Gasteiger partial charge in [0.15, 0.2) is 19.0 Å². The lowest BCUT2D eigenvalue weighted by atomic mass is 10.1. The van der Waals surface area contributed by atoms with Crippen LogP contribution in [-0.4, -0.2) is 48.8 Å². The third-order valence-electron chi connectivity index (χ3n) is 5.74. The summed E-state index contributed by atoms with van der Waals surface area (Å²) in [6.07, 6.45) is 0. The molecule has 180 valence electrons. The summed E-state index contributed by atoms with van der Waals surface area (Å²) in [5.74, 6) is -0.0529. The number of amides is 2. The smallest absolute Gasteiger partial charge is 0.265 e. The fourth-order valence-electron chi connectivity index (χ4n) is 3.92. The first-order valence-corrected chi connectivity index (χ1v) is 11.5. The second kappa shape index (κ2) is 10.6. The third-order valence-corrected chi connectivity index (χ3v) is 6.05. The maximum atomic E-state index is 13.2. The van der Waals surface area contributed by atoms with Crippen molar-refractivity contribution in [1.82, 2.24) is 4.90 Å². The number of nitrogens with zero attached hydrogens (tertiary/aromatic N) is 2. The molecule has 0 N–H and O–H groups in total. The number of anilines is 1. The molecule has 0 spiro atoms. The van der Waals surface area contributed by atoms with Crippen LogP contribution < -0.4 is 14.4 Å². The molecule has 2 amide bonds. The van der Waals surface area contributed by atoms with Gasteiger partial charge in [-0.05, 0) is 42.8 Å².